The van der Waals surface area contributed by atoms with E-state index in [9.17, 15) is 0 Å². The molecule has 0 atom stereocenters. The van der Waals surface area contributed by atoms with Gasteiger partial charge in [-0.25, -0.2) is 4.98 Å². The van der Waals surface area contributed by atoms with E-state index in [2.05, 4.69) is 27.4 Å². The average Bonchev–Trinajstić information content (AvgIpc) is 2.50. The summed E-state index contributed by atoms with van der Waals surface area (Å²) < 4.78 is 0. The van der Waals surface area contributed by atoms with Crippen LogP contribution in [0.5, 0.6) is 0 Å². The smallest absolute Gasteiger partial charge is 0.241 e. The molecule has 0 saturated carbocycles. The number of aromatic nitrogens is 3. The Morgan fingerprint density at radius 1 is 1.55 bits per heavy atom. The largest absolute Gasteiger partial charge is 0.353 e. The zero-order valence-electron chi connectivity index (χ0n) is 6.80. The highest BCUT2D eigenvalue weighted by atomic mass is 15.3. The molecule has 0 spiro atoms. The van der Waals surface area contributed by atoms with E-state index in [4.69, 9.17) is 0 Å². The van der Waals surface area contributed by atoms with Gasteiger partial charge in [0.1, 0.15) is 6.33 Å². The fourth-order valence-electron chi connectivity index (χ4n) is 0.869. The second kappa shape index (κ2) is 4.71. The first-order valence-electron chi connectivity index (χ1n) is 4.03. The van der Waals surface area contributed by atoms with Gasteiger partial charge >= 0.3 is 0 Å². The molecular formula is C7H14N4. The third-order valence-corrected chi connectivity index (χ3v) is 1.48. The number of nitrogens with one attached hydrogen (secondary N) is 2. The SMILES string of the molecule is CCCCCNc1nc[nH]n1. The molecule has 0 aromatic carbocycles. The molecular weight excluding hydrogens is 140 g/mol. The zero-order valence-corrected chi connectivity index (χ0v) is 6.80. The standard InChI is InChI=1S/C7H14N4/c1-2-3-4-5-8-7-9-6-10-11-7/h6H,2-5H2,1H3,(H2,8,9,10,11). The van der Waals surface area contributed by atoms with E-state index in [-0.39, 0.29) is 0 Å². The quantitative estimate of drug-likeness (QED) is 0.630. The van der Waals surface area contributed by atoms with Crippen molar-refractivity contribution in [2.24, 2.45) is 0 Å². The van der Waals surface area contributed by atoms with Crippen LogP contribution in [0.4, 0.5) is 5.95 Å². The summed E-state index contributed by atoms with van der Waals surface area (Å²) in [5.74, 6) is 0.695. The molecule has 0 radical (unpaired) electrons. The number of hydrogen-bond acceptors (Lipinski definition) is 3. The molecule has 11 heavy (non-hydrogen) atoms. The number of rotatable bonds is 5. The fraction of sp³-hybridized carbons (Fsp3) is 0.714. The van der Waals surface area contributed by atoms with E-state index in [1.807, 2.05) is 0 Å². The number of unbranched alkanes of at least 4 members (excludes halogenated alkanes) is 2. The van der Waals surface area contributed by atoms with Gasteiger partial charge in [0.15, 0.2) is 0 Å². The average molecular weight is 154 g/mol. The molecule has 0 aliphatic rings. The summed E-state index contributed by atoms with van der Waals surface area (Å²) in [6, 6.07) is 0. The molecule has 0 aliphatic heterocycles. The van der Waals surface area contributed by atoms with Crippen molar-refractivity contribution >= 4 is 5.95 Å². The van der Waals surface area contributed by atoms with Crippen LogP contribution in [0.2, 0.25) is 0 Å². The molecule has 0 fully saturated rings. The molecule has 0 amide bonds. The summed E-state index contributed by atoms with van der Waals surface area (Å²) >= 11 is 0. The maximum atomic E-state index is 3.94. The number of nitrogens with zero attached hydrogens (tertiary/aromatic N) is 2. The van der Waals surface area contributed by atoms with E-state index in [0.29, 0.717) is 5.95 Å². The molecule has 0 saturated heterocycles. The maximum Gasteiger partial charge on any atom is 0.241 e. The number of hydrogen-bond donors (Lipinski definition) is 2. The molecule has 4 heteroatoms. The van der Waals surface area contributed by atoms with E-state index >= 15 is 0 Å². The Morgan fingerprint density at radius 3 is 3.09 bits per heavy atom. The molecule has 0 aliphatic carbocycles. The van der Waals surface area contributed by atoms with Crippen LogP contribution in [-0.2, 0) is 0 Å². The Kier molecular flexibility index (Phi) is 3.44. The van der Waals surface area contributed by atoms with Crippen LogP contribution in [0.25, 0.3) is 0 Å². The van der Waals surface area contributed by atoms with Crippen molar-refractivity contribution in [2.45, 2.75) is 26.2 Å². The van der Waals surface area contributed by atoms with Crippen LogP contribution in [0.1, 0.15) is 26.2 Å². The zero-order chi connectivity index (χ0) is 7.94. The van der Waals surface area contributed by atoms with Crippen molar-refractivity contribution in [2.75, 3.05) is 11.9 Å². The Bertz CT molecular complexity index is 171. The lowest BCUT2D eigenvalue weighted by Gasteiger charge is -1.98. The van der Waals surface area contributed by atoms with Crippen LogP contribution in [0.15, 0.2) is 6.33 Å². The minimum absolute atomic E-state index is 0.695. The van der Waals surface area contributed by atoms with E-state index in [1.165, 1.54) is 19.3 Å². The lowest BCUT2D eigenvalue weighted by molar-refractivity contribution is 0.740. The van der Waals surface area contributed by atoms with Crippen LogP contribution in [0.3, 0.4) is 0 Å². The van der Waals surface area contributed by atoms with Gasteiger partial charge < -0.3 is 5.32 Å². The first-order chi connectivity index (χ1) is 5.43. The third-order valence-electron chi connectivity index (χ3n) is 1.48. The molecule has 2 N–H and O–H groups in total. The first kappa shape index (κ1) is 8.04. The van der Waals surface area contributed by atoms with Gasteiger partial charge in [-0.3, -0.25) is 5.10 Å². The first-order valence-corrected chi connectivity index (χ1v) is 4.03. The van der Waals surface area contributed by atoms with Crippen LogP contribution in [-0.4, -0.2) is 21.7 Å². The number of aromatic amines is 1. The molecule has 0 unspecified atom stereocenters. The van der Waals surface area contributed by atoms with Crippen molar-refractivity contribution in [3.8, 4) is 0 Å². The van der Waals surface area contributed by atoms with E-state index in [1.54, 1.807) is 6.33 Å². The lowest BCUT2D eigenvalue weighted by Crippen LogP contribution is -2.02. The molecule has 0 bridgehead atoms. The van der Waals surface area contributed by atoms with E-state index < -0.39 is 0 Å². The molecule has 1 aromatic heterocycles. The van der Waals surface area contributed by atoms with Gasteiger partial charge in [-0.05, 0) is 6.42 Å². The summed E-state index contributed by atoms with van der Waals surface area (Å²) in [5.41, 5.74) is 0. The van der Waals surface area contributed by atoms with Crippen molar-refractivity contribution in [1.82, 2.24) is 15.2 Å². The second-order valence-electron chi connectivity index (χ2n) is 2.46. The molecule has 1 rings (SSSR count). The monoisotopic (exact) mass is 154 g/mol. The van der Waals surface area contributed by atoms with Crippen molar-refractivity contribution in [3.63, 3.8) is 0 Å². The van der Waals surface area contributed by atoms with Crippen molar-refractivity contribution in [1.29, 1.82) is 0 Å². The predicted molar refractivity (Wildman–Crippen MR) is 44.4 cm³/mol. The summed E-state index contributed by atoms with van der Waals surface area (Å²) in [6.07, 6.45) is 5.26. The Balaban J connectivity index is 2.04. The van der Waals surface area contributed by atoms with E-state index in [0.717, 1.165) is 6.54 Å². The van der Waals surface area contributed by atoms with Crippen molar-refractivity contribution < 1.29 is 0 Å². The van der Waals surface area contributed by atoms with Crippen molar-refractivity contribution in [3.05, 3.63) is 6.33 Å². The Hall–Kier alpha value is -1.06. The summed E-state index contributed by atoms with van der Waals surface area (Å²) in [7, 11) is 0. The predicted octanol–water partition coefficient (Wildman–Crippen LogP) is 1.41. The third kappa shape index (κ3) is 3.02. The summed E-state index contributed by atoms with van der Waals surface area (Å²) in [4.78, 5) is 3.94. The molecule has 1 aromatic rings. The van der Waals surface area contributed by atoms with Gasteiger partial charge in [0.2, 0.25) is 5.95 Å². The molecule has 1 heterocycles. The van der Waals surface area contributed by atoms with Gasteiger partial charge in [-0.1, -0.05) is 19.8 Å². The Morgan fingerprint density at radius 2 is 2.45 bits per heavy atom. The minimum Gasteiger partial charge on any atom is -0.353 e. The topological polar surface area (TPSA) is 53.6 Å². The van der Waals surface area contributed by atoms with Gasteiger partial charge in [0, 0.05) is 6.54 Å². The fourth-order valence-corrected chi connectivity index (χ4v) is 0.869. The van der Waals surface area contributed by atoms with Gasteiger partial charge in [0.05, 0.1) is 0 Å². The molecule has 62 valence electrons. The van der Waals surface area contributed by atoms with Crippen LogP contribution < -0.4 is 5.32 Å². The number of anilines is 1. The highest BCUT2D eigenvalue weighted by molar-refractivity contribution is 5.19. The molecule has 4 nitrogen and oxygen atoms in total. The maximum absolute atomic E-state index is 3.94. The highest BCUT2D eigenvalue weighted by Crippen LogP contribution is 1.96. The van der Waals surface area contributed by atoms with Gasteiger partial charge in [0.25, 0.3) is 0 Å². The van der Waals surface area contributed by atoms with Gasteiger partial charge in [-0.2, -0.15) is 0 Å². The summed E-state index contributed by atoms with van der Waals surface area (Å²) in [5, 5.41) is 9.62. The second-order valence-corrected chi connectivity index (χ2v) is 2.46. The lowest BCUT2D eigenvalue weighted by atomic mass is 10.2. The Labute approximate surface area is 66.4 Å². The van der Waals surface area contributed by atoms with Crippen LogP contribution >= 0.6 is 0 Å². The van der Waals surface area contributed by atoms with Gasteiger partial charge in [-0.15, -0.1) is 5.10 Å². The highest BCUT2D eigenvalue weighted by Gasteiger charge is 1.91. The van der Waals surface area contributed by atoms with Crippen LogP contribution in [0, 0.1) is 0 Å². The number of H-pyrrole nitrogens is 1. The normalized spacial score (nSPS) is 9.91. The summed E-state index contributed by atoms with van der Waals surface area (Å²) in [6.45, 7) is 3.15. The minimum atomic E-state index is 0.695.